The lowest BCUT2D eigenvalue weighted by Gasteiger charge is -2.20. The highest BCUT2D eigenvalue weighted by Crippen LogP contribution is 2.38. The van der Waals surface area contributed by atoms with Crippen LogP contribution in [0.2, 0.25) is 9.36 Å². The minimum Gasteiger partial charge on any atom is -0.306 e. The number of aryl methyl sites for hydroxylation is 1. The van der Waals surface area contributed by atoms with Gasteiger partial charge in [0.1, 0.15) is 4.34 Å². The molecular weight excluding hydrogens is 377 g/mol. The van der Waals surface area contributed by atoms with E-state index in [1.165, 1.54) is 16.0 Å². The molecule has 0 fully saturated rings. The number of hydrogen-bond acceptors (Lipinski definition) is 2. The molecule has 0 aliphatic carbocycles. The van der Waals surface area contributed by atoms with Gasteiger partial charge in [-0.2, -0.15) is 0 Å². The molecule has 1 N–H and O–H groups in total. The molecule has 2 aromatic rings. The number of rotatable bonds is 5. The molecule has 1 nitrogen and oxygen atoms in total. The van der Waals surface area contributed by atoms with Gasteiger partial charge < -0.3 is 5.32 Å². The zero-order valence-corrected chi connectivity index (χ0v) is 15.3. The van der Waals surface area contributed by atoms with Gasteiger partial charge in [0, 0.05) is 14.4 Å². The lowest BCUT2D eigenvalue weighted by Crippen LogP contribution is -2.23. The van der Waals surface area contributed by atoms with Crippen LogP contribution < -0.4 is 5.32 Å². The second-order valence-corrected chi connectivity index (χ2v) is 7.64. The number of hydrogen-bond donors (Lipinski definition) is 1. The summed E-state index contributed by atoms with van der Waals surface area (Å²) in [6.07, 6.45) is 1.08. The minimum atomic E-state index is 0.127. The molecule has 5 heteroatoms. The maximum atomic E-state index is 6.18. The van der Waals surface area contributed by atoms with E-state index in [9.17, 15) is 0 Å². The van der Waals surface area contributed by atoms with Crippen LogP contribution in [0.5, 0.6) is 0 Å². The summed E-state index contributed by atoms with van der Waals surface area (Å²) in [6.45, 7) is 5.21. The van der Waals surface area contributed by atoms with Crippen LogP contribution in [0, 0.1) is 6.92 Å². The topological polar surface area (TPSA) is 12.0 Å². The van der Waals surface area contributed by atoms with Gasteiger partial charge in [0.05, 0.1) is 6.04 Å². The molecule has 0 saturated carbocycles. The second-order valence-electron chi connectivity index (χ2n) is 4.66. The van der Waals surface area contributed by atoms with E-state index in [1.807, 2.05) is 12.1 Å². The Kier molecular flexibility index (Phi) is 5.94. The first-order valence-corrected chi connectivity index (χ1v) is 8.83. The third-order valence-electron chi connectivity index (χ3n) is 3.10. The molecule has 0 radical (unpaired) electrons. The Hall–Kier alpha value is -0.0600. The molecule has 0 aliphatic heterocycles. The van der Waals surface area contributed by atoms with Crippen molar-refractivity contribution in [3.05, 3.63) is 54.1 Å². The van der Waals surface area contributed by atoms with E-state index in [2.05, 4.69) is 47.2 Å². The molecule has 1 heterocycles. The third kappa shape index (κ3) is 3.77. The molecule has 1 aromatic heterocycles. The van der Waals surface area contributed by atoms with E-state index >= 15 is 0 Å². The number of benzene rings is 1. The number of nitrogens with one attached hydrogen (secondary N) is 1. The van der Waals surface area contributed by atoms with Crippen molar-refractivity contribution < 1.29 is 0 Å². The molecule has 1 unspecified atom stereocenters. The van der Waals surface area contributed by atoms with Crippen molar-refractivity contribution >= 4 is 50.5 Å². The van der Waals surface area contributed by atoms with Gasteiger partial charge >= 0.3 is 0 Å². The fourth-order valence-corrected chi connectivity index (χ4v) is 4.09. The molecule has 2 rings (SSSR count). The molecular formula is C15H16BrCl2NS. The van der Waals surface area contributed by atoms with Gasteiger partial charge in [-0.15, -0.1) is 11.3 Å². The van der Waals surface area contributed by atoms with E-state index < -0.39 is 0 Å². The molecule has 0 saturated heterocycles. The monoisotopic (exact) mass is 391 g/mol. The molecule has 0 spiro atoms. The van der Waals surface area contributed by atoms with Crippen molar-refractivity contribution in [3.63, 3.8) is 0 Å². The van der Waals surface area contributed by atoms with E-state index in [4.69, 9.17) is 23.2 Å². The van der Waals surface area contributed by atoms with Crippen molar-refractivity contribution in [3.8, 4) is 0 Å². The predicted molar refractivity (Wildman–Crippen MR) is 93.4 cm³/mol. The molecule has 1 aromatic carbocycles. The third-order valence-corrected chi connectivity index (χ3v) is 5.87. The van der Waals surface area contributed by atoms with E-state index in [0.717, 1.165) is 26.8 Å². The van der Waals surface area contributed by atoms with E-state index in [0.29, 0.717) is 0 Å². The van der Waals surface area contributed by atoms with E-state index in [-0.39, 0.29) is 6.04 Å². The quantitative estimate of drug-likeness (QED) is 0.637. The Morgan fingerprint density at radius 1 is 1.30 bits per heavy atom. The highest BCUT2D eigenvalue weighted by atomic mass is 79.9. The molecule has 108 valence electrons. The van der Waals surface area contributed by atoms with Crippen molar-refractivity contribution in [1.82, 2.24) is 5.32 Å². The maximum Gasteiger partial charge on any atom is 0.107 e. The van der Waals surface area contributed by atoms with Crippen LogP contribution in [-0.2, 0) is 0 Å². The van der Waals surface area contributed by atoms with Gasteiger partial charge in [-0.25, -0.2) is 0 Å². The van der Waals surface area contributed by atoms with Crippen molar-refractivity contribution in [2.45, 2.75) is 26.3 Å². The molecule has 20 heavy (non-hydrogen) atoms. The normalized spacial score (nSPS) is 12.7. The second kappa shape index (κ2) is 7.28. The zero-order chi connectivity index (χ0) is 14.7. The summed E-state index contributed by atoms with van der Waals surface area (Å²) in [6, 6.07) is 8.23. The smallest absolute Gasteiger partial charge is 0.107 e. The highest BCUT2D eigenvalue weighted by Gasteiger charge is 2.19. The largest absolute Gasteiger partial charge is 0.306 e. The fourth-order valence-electron chi connectivity index (χ4n) is 2.08. The van der Waals surface area contributed by atoms with Crippen LogP contribution in [0.1, 0.15) is 35.4 Å². The summed E-state index contributed by atoms with van der Waals surface area (Å²) in [5.74, 6) is 0. The van der Waals surface area contributed by atoms with Crippen LogP contribution in [0.3, 0.4) is 0 Å². The van der Waals surface area contributed by atoms with Crippen LogP contribution >= 0.6 is 50.5 Å². The van der Waals surface area contributed by atoms with Crippen LogP contribution in [-0.4, -0.2) is 6.54 Å². The van der Waals surface area contributed by atoms with Gasteiger partial charge in [-0.3, -0.25) is 0 Å². The lowest BCUT2D eigenvalue weighted by atomic mass is 10.00. The minimum absolute atomic E-state index is 0.127. The van der Waals surface area contributed by atoms with Crippen molar-refractivity contribution in [2.75, 3.05) is 6.54 Å². The van der Waals surface area contributed by atoms with Gasteiger partial charge in [0.25, 0.3) is 0 Å². The molecule has 0 aliphatic rings. The summed E-state index contributed by atoms with van der Waals surface area (Å²) in [7, 11) is 0. The summed E-state index contributed by atoms with van der Waals surface area (Å²) in [4.78, 5) is 1.20. The average Bonchev–Trinajstić information content (AvgIpc) is 2.74. The SMILES string of the molecule is CCCNC(c1cc(Br)c(Cl)s1)c1cc(Cl)ccc1C. The van der Waals surface area contributed by atoms with Gasteiger partial charge in [-0.05, 0) is 65.1 Å². The lowest BCUT2D eigenvalue weighted by molar-refractivity contribution is 0.603. The van der Waals surface area contributed by atoms with Gasteiger partial charge in [-0.1, -0.05) is 36.2 Å². The van der Waals surface area contributed by atoms with Crippen LogP contribution in [0.4, 0.5) is 0 Å². The maximum absolute atomic E-state index is 6.18. The highest BCUT2D eigenvalue weighted by molar-refractivity contribution is 9.10. The Morgan fingerprint density at radius 2 is 2.05 bits per heavy atom. The zero-order valence-electron chi connectivity index (χ0n) is 11.3. The van der Waals surface area contributed by atoms with Crippen molar-refractivity contribution in [1.29, 1.82) is 0 Å². The Bertz CT molecular complexity index is 578. The number of thiophene rings is 1. The molecule has 0 amide bonds. The summed E-state index contributed by atoms with van der Waals surface area (Å²) < 4.78 is 1.73. The van der Waals surface area contributed by atoms with Crippen LogP contribution in [0.25, 0.3) is 0 Å². The first-order chi connectivity index (χ1) is 9.52. The van der Waals surface area contributed by atoms with E-state index in [1.54, 1.807) is 11.3 Å². The molecule has 0 bridgehead atoms. The number of halogens is 3. The van der Waals surface area contributed by atoms with Crippen LogP contribution in [0.15, 0.2) is 28.7 Å². The predicted octanol–water partition coefficient (Wildman–Crippen LogP) is 6.21. The fraction of sp³-hybridized carbons (Fsp3) is 0.333. The summed E-state index contributed by atoms with van der Waals surface area (Å²) in [5.41, 5.74) is 2.43. The molecule has 1 atom stereocenters. The van der Waals surface area contributed by atoms with Gasteiger partial charge in [0.2, 0.25) is 0 Å². The first kappa shape index (κ1) is 16.3. The summed E-state index contributed by atoms with van der Waals surface area (Å²) in [5, 5.41) is 4.34. The Morgan fingerprint density at radius 3 is 2.65 bits per heavy atom. The summed E-state index contributed by atoms with van der Waals surface area (Å²) >= 11 is 17.4. The Balaban J connectivity index is 2.43. The van der Waals surface area contributed by atoms with Crippen molar-refractivity contribution in [2.24, 2.45) is 0 Å². The standard InChI is InChI=1S/C15H16BrCl2NS/c1-3-6-19-14(13-8-12(16)15(18)20-13)11-7-10(17)5-4-9(11)2/h4-5,7-8,14,19H,3,6H2,1-2H3. The first-order valence-electron chi connectivity index (χ1n) is 6.47. The Labute approximate surface area is 142 Å². The van der Waals surface area contributed by atoms with Gasteiger partial charge in [0.15, 0.2) is 0 Å². The average molecular weight is 393 g/mol.